The van der Waals surface area contributed by atoms with Gasteiger partial charge in [-0.2, -0.15) is 0 Å². The van der Waals surface area contributed by atoms with Crippen LogP contribution in [0.1, 0.15) is 11.3 Å². The van der Waals surface area contributed by atoms with E-state index in [1.54, 1.807) is 24.3 Å². The van der Waals surface area contributed by atoms with Gasteiger partial charge in [0.05, 0.1) is 0 Å². The van der Waals surface area contributed by atoms with Gasteiger partial charge in [0.2, 0.25) is 5.60 Å². The first kappa shape index (κ1) is 12.1. The monoisotopic (exact) mass is 283 g/mol. The first-order valence-corrected chi connectivity index (χ1v) is 6.42. The summed E-state index contributed by atoms with van der Waals surface area (Å²) >= 11 is 0. The van der Waals surface area contributed by atoms with Crippen molar-refractivity contribution < 1.29 is 18.7 Å². The van der Waals surface area contributed by atoms with Crippen molar-refractivity contribution >= 4 is 22.6 Å². The van der Waals surface area contributed by atoms with Gasteiger partial charge in [0.1, 0.15) is 11.4 Å². The fraction of sp³-hybridized carbons (Fsp3) is 0.0625. The number of amides is 1. The summed E-state index contributed by atoms with van der Waals surface area (Å²) in [6.45, 7) is 0. The van der Waals surface area contributed by atoms with Gasteiger partial charge < -0.3 is 14.8 Å². The van der Waals surface area contributed by atoms with Gasteiger partial charge in [-0.1, -0.05) is 18.2 Å². The molecule has 0 fully saturated rings. The van der Waals surface area contributed by atoms with E-state index in [0.29, 0.717) is 22.2 Å². The minimum absolute atomic E-state index is 0.0746. The molecule has 1 aromatic heterocycles. The number of anilines is 1. The zero-order chi connectivity index (χ0) is 14.6. The first-order valence-electron chi connectivity index (χ1n) is 6.42. The third-order valence-electron chi connectivity index (χ3n) is 3.73. The molecule has 0 saturated carbocycles. The molecule has 1 aliphatic heterocycles. The second-order valence-corrected chi connectivity index (χ2v) is 5.00. The summed E-state index contributed by atoms with van der Waals surface area (Å²) in [5.41, 5.74) is -0.519. The molecule has 2 N–H and O–H groups in total. The molecule has 1 unspecified atom stereocenters. The molecule has 1 aliphatic rings. The van der Waals surface area contributed by atoms with Crippen molar-refractivity contribution in [1.82, 2.24) is 0 Å². The number of nitrogens with one attached hydrogen (secondary N) is 1. The molecule has 0 saturated heterocycles. The van der Waals surface area contributed by atoms with Gasteiger partial charge in [0, 0.05) is 16.6 Å². The van der Waals surface area contributed by atoms with Gasteiger partial charge in [0.25, 0.3) is 5.91 Å². The standard InChI is InChI=1S/C16H10FNO3/c17-10-5-6-13-9(7-10)8-14(21-13)16(20)11-3-1-2-4-12(11)18-15(16)19/h1-8,20H,(H,18,19). The number of hydrogen-bond acceptors (Lipinski definition) is 3. The number of benzene rings is 2. The summed E-state index contributed by atoms with van der Waals surface area (Å²) in [7, 11) is 0. The maximum Gasteiger partial charge on any atom is 0.269 e. The van der Waals surface area contributed by atoms with Crippen LogP contribution in [0.3, 0.4) is 0 Å². The van der Waals surface area contributed by atoms with Crippen LogP contribution >= 0.6 is 0 Å². The van der Waals surface area contributed by atoms with Crippen molar-refractivity contribution in [3.8, 4) is 0 Å². The van der Waals surface area contributed by atoms with Crippen LogP contribution in [-0.4, -0.2) is 11.0 Å². The van der Waals surface area contributed by atoms with E-state index in [4.69, 9.17) is 4.42 Å². The zero-order valence-corrected chi connectivity index (χ0v) is 10.8. The van der Waals surface area contributed by atoms with Crippen molar-refractivity contribution in [2.45, 2.75) is 5.60 Å². The molecule has 0 aliphatic carbocycles. The Kier molecular flexibility index (Phi) is 2.26. The van der Waals surface area contributed by atoms with Gasteiger partial charge in [-0.05, 0) is 30.3 Å². The minimum atomic E-state index is -1.90. The van der Waals surface area contributed by atoms with Gasteiger partial charge in [0.15, 0.2) is 5.76 Å². The fourth-order valence-electron chi connectivity index (χ4n) is 2.68. The molecule has 0 spiro atoms. The molecule has 1 atom stereocenters. The van der Waals surface area contributed by atoms with Crippen molar-refractivity contribution in [3.63, 3.8) is 0 Å². The Hall–Kier alpha value is -2.66. The molecule has 5 heteroatoms. The molecule has 21 heavy (non-hydrogen) atoms. The van der Waals surface area contributed by atoms with E-state index < -0.39 is 17.3 Å². The Morgan fingerprint density at radius 3 is 2.81 bits per heavy atom. The van der Waals surface area contributed by atoms with E-state index in [-0.39, 0.29) is 5.76 Å². The maximum absolute atomic E-state index is 13.3. The van der Waals surface area contributed by atoms with E-state index in [2.05, 4.69) is 5.32 Å². The third-order valence-corrected chi connectivity index (χ3v) is 3.73. The molecule has 104 valence electrons. The average molecular weight is 283 g/mol. The first-order chi connectivity index (χ1) is 10.1. The van der Waals surface area contributed by atoms with Gasteiger partial charge in [-0.3, -0.25) is 4.79 Å². The van der Waals surface area contributed by atoms with Crippen LogP contribution in [0.25, 0.3) is 11.0 Å². The van der Waals surface area contributed by atoms with E-state index in [1.165, 1.54) is 24.3 Å². The second kappa shape index (κ2) is 3.93. The molecule has 0 radical (unpaired) electrons. The van der Waals surface area contributed by atoms with Crippen LogP contribution in [-0.2, 0) is 10.4 Å². The smallest absolute Gasteiger partial charge is 0.269 e. The van der Waals surface area contributed by atoms with Gasteiger partial charge >= 0.3 is 0 Å². The molecular formula is C16H10FNO3. The molecule has 1 amide bonds. The molecule has 3 aromatic rings. The highest BCUT2D eigenvalue weighted by atomic mass is 19.1. The van der Waals surface area contributed by atoms with Gasteiger partial charge in [-0.15, -0.1) is 0 Å². The Balaban J connectivity index is 1.96. The predicted molar refractivity (Wildman–Crippen MR) is 74.2 cm³/mol. The topological polar surface area (TPSA) is 62.5 Å². The third kappa shape index (κ3) is 1.55. The maximum atomic E-state index is 13.3. The number of halogens is 1. The Bertz CT molecular complexity index is 886. The van der Waals surface area contributed by atoms with E-state index in [1.807, 2.05) is 0 Å². The fourth-order valence-corrected chi connectivity index (χ4v) is 2.68. The molecule has 2 heterocycles. The summed E-state index contributed by atoms with van der Waals surface area (Å²) in [6.07, 6.45) is 0. The van der Waals surface area contributed by atoms with E-state index in [0.717, 1.165) is 0 Å². The number of furan rings is 1. The lowest BCUT2D eigenvalue weighted by Crippen LogP contribution is -2.34. The van der Waals surface area contributed by atoms with Gasteiger partial charge in [-0.25, -0.2) is 4.39 Å². The lowest BCUT2D eigenvalue weighted by molar-refractivity contribution is -0.130. The molecule has 2 aromatic carbocycles. The molecule has 4 nitrogen and oxygen atoms in total. The van der Waals surface area contributed by atoms with Crippen molar-refractivity contribution in [1.29, 1.82) is 0 Å². The van der Waals surface area contributed by atoms with Crippen LogP contribution in [0.2, 0.25) is 0 Å². The highest BCUT2D eigenvalue weighted by molar-refractivity contribution is 6.07. The predicted octanol–water partition coefficient (Wildman–Crippen LogP) is 2.76. The SMILES string of the molecule is O=C1Nc2ccccc2C1(O)c1cc2cc(F)ccc2o1. The number of hydrogen-bond donors (Lipinski definition) is 2. The Morgan fingerprint density at radius 2 is 1.95 bits per heavy atom. The number of fused-ring (bicyclic) bond motifs is 2. The van der Waals surface area contributed by atoms with Crippen molar-refractivity contribution in [2.24, 2.45) is 0 Å². The molecular weight excluding hydrogens is 273 g/mol. The second-order valence-electron chi connectivity index (χ2n) is 5.00. The number of para-hydroxylation sites is 1. The summed E-state index contributed by atoms with van der Waals surface area (Å²) in [5, 5.41) is 14.0. The average Bonchev–Trinajstić information content (AvgIpc) is 3.00. The number of carbonyl (C=O) groups is 1. The Labute approximate surface area is 118 Å². The number of carbonyl (C=O) groups excluding carboxylic acids is 1. The summed E-state index contributed by atoms with van der Waals surface area (Å²) in [4.78, 5) is 12.2. The largest absolute Gasteiger partial charge is 0.457 e. The van der Waals surface area contributed by atoms with Crippen molar-refractivity contribution in [3.05, 3.63) is 65.7 Å². The lowest BCUT2D eigenvalue weighted by atomic mass is 9.92. The highest BCUT2D eigenvalue weighted by Gasteiger charge is 2.49. The normalized spacial score (nSPS) is 20.6. The minimum Gasteiger partial charge on any atom is -0.457 e. The molecule has 0 bridgehead atoms. The summed E-state index contributed by atoms with van der Waals surface area (Å²) in [5.74, 6) is -0.910. The van der Waals surface area contributed by atoms with Crippen LogP contribution in [0.5, 0.6) is 0 Å². The lowest BCUT2D eigenvalue weighted by Gasteiger charge is -2.17. The number of aliphatic hydroxyl groups is 1. The van der Waals surface area contributed by atoms with Crippen LogP contribution in [0.4, 0.5) is 10.1 Å². The van der Waals surface area contributed by atoms with E-state index >= 15 is 0 Å². The van der Waals surface area contributed by atoms with Crippen molar-refractivity contribution in [2.75, 3.05) is 5.32 Å². The summed E-state index contributed by atoms with van der Waals surface area (Å²) in [6, 6.07) is 12.4. The summed E-state index contributed by atoms with van der Waals surface area (Å²) < 4.78 is 18.8. The van der Waals surface area contributed by atoms with Crippen LogP contribution < -0.4 is 5.32 Å². The highest BCUT2D eigenvalue weighted by Crippen LogP contribution is 2.42. The Morgan fingerprint density at radius 1 is 1.14 bits per heavy atom. The zero-order valence-electron chi connectivity index (χ0n) is 10.8. The van der Waals surface area contributed by atoms with Crippen LogP contribution in [0.15, 0.2) is 52.9 Å². The van der Waals surface area contributed by atoms with E-state index in [9.17, 15) is 14.3 Å². The quantitative estimate of drug-likeness (QED) is 0.722. The number of rotatable bonds is 1. The molecule has 4 rings (SSSR count). The van der Waals surface area contributed by atoms with Crippen LogP contribution in [0, 0.1) is 5.82 Å².